The molecule has 0 bridgehead atoms. The van der Waals surface area contributed by atoms with E-state index < -0.39 is 0 Å². The molecule has 1 saturated heterocycles. The zero-order valence-electron chi connectivity index (χ0n) is 13.3. The quantitative estimate of drug-likeness (QED) is 0.828. The molecule has 116 valence electrons. The molecule has 1 aromatic rings. The largest absolute Gasteiger partial charge is 0.393 e. The average molecular weight is 305 g/mol. The minimum absolute atomic E-state index is 0.342. The first-order valence-corrected chi connectivity index (χ1v) is 8.56. The average Bonchev–Trinajstić information content (AvgIpc) is 2.71. The van der Waals surface area contributed by atoms with Crippen LogP contribution in [0.5, 0.6) is 0 Å². The maximum absolute atomic E-state index is 5.86. The van der Waals surface area contributed by atoms with Crippen LogP contribution in [0.3, 0.4) is 0 Å². The van der Waals surface area contributed by atoms with E-state index in [-0.39, 0.29) is 0 Å². The lowest BCUT2D eigenvalue weighted by Gasteiger charge is -2.31. The highest BCUT2D eigenvalue weighted by Gasteiger charge is 2.25. The summed E-state index contributed by atoms with van der Waals surface area (Å²) in [4.78, 5) is 3.21. The number of thiocarbonyl (C=S) groups is 1. The molecule has 2 unspecified atom stereocenters. The zero-order valence-corrected chi connectivity index (χ0v) is 14.1. The van der Waals surface area contributed by atoms with Crippen molar-refractivity contribution < 1.29 is 0 Å². The van der Waals surface area contributed by atoms with Crippen LogP contribution >= 0.6 is 12.2 Å². The van der Waals surface area contributed by atoms with Gasteiger partial charge in [-0.3, -0.25) is 4.90 Å². The van der Waals surface area contributed by atoms with Gasteiger partial charge in [-0.2, -0.15) is 0 Å². The van der Waals surface area contributed by atoms with Gasteiger partial charge in [-0.25, -0.2) is 0 Å². The highest BCUT2D eigenvalue weighted by Crippen LogP contribution is 2.31. The van der Waals surface area contributed by atoms with Gasteiger partial charge in [0.2, 0.25) is 0 Å². The number of benzene rings is 1. The lowest BCUT2D eigenvalue weighted by molar-refractivity contribution is 0.204. The Morgan fingerprint density at radius 1 is 1.24 bits per heavy atom. The molecule has 1 aliphatic rings. The van der Waals surface area contributed by atoms with E-state index in [0.29, 0.717) is 11.0 Å². The van der Waals surface area contributed by atoms with Crippen LogP contribution in [0.25, 0.3) is 0 Å². The van der Waals surface area contributed by atoms with E-state index in [2.05, 4.69) is 49.1 Å². The van der Waals surface area contributed by atoms with Crippen molar-refractivity contribution in [3.63, 3.8) is 0 Å². The van der Waals surface area contributed by atoms with Gasteiger partial charge in [0.05, 0.1) is 4.99 Å². The van der Waals surface area contributed by atoms with Crippen LogP contribution in [0.15, 0.2) is 30.3 Å². The molecule has 0 saturated carbocycles. The van der Waals surface area contributed by atoms with E-state index in [1.165, 1.54) is 24.8 Å². The molecule has 3 heteroatoms. The van der Waals surface area contributed by atoms with Crippen molar-refractivity contribution in [3.8, 4) is 0 Å². The first-order chi connectivity index (χ1) is 10.1. The lowest BCUT2D eigenvalue weighted by atomic mass is 9.89. The van der Waals surface area contributed by atoms with Crippen molar-refractivity contribution in [2.75, 3.05) is 13.1 Å². The predicted octanol–water partition coefficient (Wildman–Crippen LogP) is 4.16. The maximum atomic E-state index is 5.86. The molecule has 2 N–H and O–H groups in total. The van der Waals surface area contributed by atoms with Crippen molar-refractivity contribution in [2.24, 2.45) is 17.6 Å². The van der Waals surface area contributed by atoms with Crippen LogP contribution in [0.1, 0.15) is 51.1 Å². The molecule has 0 aliphatic carbocycles. The van der Waals surface area contributed by atoms with E-state index >= 15 is 0 Å². The van der Waals surface area contributed by atoms with Gasteiger partial charge in [-0.15, -0.1) is 0 Å². The van der Waals surface area contributed by atoms with Gasteiger partial charge in [-0.05, 0) is 49.8 Å². The standard InChI is InChI=1S/C18H28N2S/c1-14(2)15-9-6-11-20(12-10-15)17(13-18(19)21)16-7-4-3-5-8-16/h3-5,7-8,14-15,17H,6,9-13H2,1-2H3,(H2,19,21). The Morgan fingerprint density at radius 2 is 1.95 bits per heavy atom. The molecule has 1 heterocycles. The SMILES string of the molecule is CC(C)C1CCCN(C(CC(N)=S)c2ccccc2)CC1. The Hall–Kier alpha value is -0.930. The summed E-state index contributed by atoms with van der Waals surface area (Å²) >= 11 is 5.19. The monoisotopic (exact) mass is 304 g/mol. The molecule has 2 nitrogen and oxygen atoms in total. The summed E-state index contributed by atoms with van der Waals surface area (Å²) in [5.74, 6) is 1.65. The highest BCUT2D eigenvalue weighted by atomic mass is 32.1. The van der Waals surface area contributed by atoms with Crippen molar-refractivity contribution in [2.45, 2.75) is 45.6 Å². The molecule has 1 aliphatic heterocycles. The molecule has 1 fully saturated rings. The van der Waals surface area contributed by atoms with Gasteiger partial charge >= 0.3 is 0 Å². The second kappa shape index (κ2) is 7.90. The van der Waals surface area contributed by atoms with Gasteiger partial charge in [0.25, 0.3) is 0 Å². The third-order valence-corrected chi connectivity index (χ3v) is 4.94. The van der Waals surface area contributed by atoms with Crippen LogP contribution in [-0.4, -0.2) is 23.0 Å². The van der Waals surface area contributed by atoms with Crippen molar-refractivity contribution in [1.29, 1.82) is 0 Å². The van der Waals surface area contributed by atoms with E-state index in [4.69, 9.17) is 18.0 Å². The number of hydrogen-bond donors (Lipinski definition) is 1. The second-order valence-electron chi connectivity index (χ2n) is 6.57. The third kappa shape index (κ3) is 4.79. The highest BCUT2D eigenvalue weighted by molar-refractivity contribution is 7.80. The third-order valence-electron chi connectivity index (χ3n) is 4.77. The molecule has 0 radical (unpaired) electrons. The number of likely N-dealkylation sites (tertiary alicyclic amines) is 1. The molecule has 0 aromatic heterocycles. The zero-order chi connectivity index (χ0) is 15.2. The predicted molar refractivity (Wildman–Crippen MR) is 94.3 cm³/mol. The van der Waals surface area contributed by atoms with Crippen molar-refractivity contribution in [1.82, 2.24) is 4.90 Å². The summed E-state index contributed by atoms with van der Waals surface area (Å²) in [5.41, 5.74) is 7.20. The molecule has 1 aromatic carbocycles. The van der Waals surface area contributed by atoms with E-state index in [9.17, 15) is 0 Å². The van der Waals surface area contributed by atoms with E-state index in [1.54, 1.807) is 0 Å². The molecule has 2 rings (SSSR count). The van der Waals surface area contributed by atoms with Crippen LogP contribution in [0, 0.1) is 11.8 Å². The molecule has 0 spiro atoms. The van der Waals surface area contributed by atoms with Crippen molar-refractivity contribution >= 4 is 17.2 Å². The smallest absolute Gasteiger partial charge is 0.0746 e. The molecular weight excluding hydrogens is 276 g/mol. The van der Waals surface area contributed by atoms with Crippen LogP contribution in [-0.2, 0) is 0 Å². The van der Waals surface area contributed by atoms with Crippen LogP contribution < -0.4 is 5.73 Å². The van der Waals surface area contributed by atoms with Crippen LogP contribution in [0.2, 0.25) is 0 Å². The van der Waals surface area contributed by atoms with Crippen molar-refractivity contribution in [3.05, 3.63) is 35.9 Å². The van der Waals surface area contributed by atoms with Gasteiger partial charge < -0.3 is 5.73 Å². The van der Waals surface area contributed by atoms with Gasteiger partial charge in [0, 0.05) is 12.5 Å². The van der Waals surface area contributed by atoms with Gasteiger partial charge in [0.1, 0.15) is 0 Å². The summed E-state index contributed by atoms with van der Waals surface area (Å²) in [7, 11) is 0. The maximum Gasteiger partial charge on any atom is 0.0746 e. The van der Waals surface area contributed by atoms with E-state index in [1.807, 2.05) is 0 Å². The molecular formula is C18H28N2S. The minimum Gasteiger partial charge on any atom is -0.393 e. The summed E-state index contributed by atoms with van der Waals surface area (Å²) in [5, 5.41) is 0. The Labute approximate surface area is 134 Å². The Bertz CT molecular complexity index is 444. The number of nitrogens with two attached hydrogens (primary N) is 1. The normalized spacial score (nSPS) is 22.0. The summed E-state index contributed by atoms with van der Waals surface area (Å²) in [6.45, 7) is 7.02. The van der Waals surface area contributed by atoms with Gasteiger partial charge in [0.15, 0.2) is 0 Å². The minimum atomic E-state index is 0.342. The van der Waals surface area contributed by atoms with Gasteiger partial charge in [-0.1, -0.05) is 56.4 Å². The fraction of sp³-hybridized carbons (Fsp3) is 0.611. The topological polar surface area (TPSA) is 29.3 Å². The number of hydrogen-bond acceptors (Lipinski definition) is 2. The Morgan fingerprint density at radius 3 is 2.57 bits per heavy atom. The van der Waals surface area contributed by atoms with Crippen LogP contribution in [0.4, 0.5) is 0 Å². The molecule has 0 amide bonds. The lowest BCUT2D eigenvalue weighted by Crippen LogP contribution is -2.32. The Balaban J connectivity index is 2.12. The summed E-state index contributed by atoms with van der Waals surface area (Å²) in [6.07, 6.45) is 4.70. The first-order valence-electron chi connectivity index (χ1n) is 8.15. The molecule has 2 atom stereocenters. The first kappa shape index (κ1) is 16.4. The summed E-state index contributed by atoms with van der Waals surface area (Å²) < 4.78 is 0. The Kier molecular flexibility index (Phi) is 6.19. The fourth-order valence-electron chi connectivity index (χ4n) is 3.45. The van der Waals surface area contributed by atoms with E-state index in [0.717, 1.165) is 31.3 Å². The number of rotatable bonds is 5. The molecule has 21 heavy (non-hydrogen) atoms. The summed E-state index contributed by atoms with van der Waals surface area (Å²) in [6, 6.07) is 11.0. The fourth-order valence-corrected chi connectivity index (χ4v) is 3.60. The number of nitrogens with zero attached hydrogens (tertiary/aromatic N) is 1. The second-order valence-corrected chi connectivity index (χ2v) is 7.09.